The van der Waals surface area contributed by atoms with E-state index in [0.29, 0.717) is 12.0 Å². The van der Waals surface area contributed by atoms with Crippen molar-refractivity contribution in [2.75, 3.05) is 18.1 Å². The minimum Gasteiger partial charge on any atom is -0.330 e. The van der Waals surface area contributed by atoms with Crippen molar-refractivity contribution in [3.63, 3.8) is 0 Å². The maximum atomic E-state index is 11.9. The van der Waals surface area contributed by atoms with Gasteiger partial charge in [-0.05, 0) is 44.6 Å². The highest BCUT2D eigenvalue weighted by Gasteiger charge is 2.24. The Bertz CT molecular complexity index is 289. The van der Waals surface area contributed by atoms with E-state index in [1.807, 2.05) is 0 Å². The van der Waals surface area contributed by atoms with E-state index < -0.39 is 9.73 Å². The summed E-state index contributed by atoms with van der Waals surface area (Å²) in [5.41, 5.74) is 5.63. The summed E-state index contributed by atoms with van der Waals surface area (Å²) in [7, 11) is -1.72. The molecule has 3 nitrogen and oxygen atoms in total. The van der Waals surface area contributed by atoms with Gasteiger partial charge < -0.3 is 5.73 Å². The topological polar surface area (TPSA) is 55.4 Å². The quantitative estimate of drug-likeness (QED) is 0.758. The molecule has 1 saturated carbocycles. The lowest BCUT2D eigenvalue weighted by atomic mass is 9.87. The Morgan fingerprint density at radius 1 is 1.21 bits per heavy atom. The third kappa shape index (κ3) is 2.28. The second kappa shape index (κ2) is 4.19. The van der Waals surface area contributed by atoms with Crippen LogP contribution < -0.4 is 5.73 Å². The van der Waals surface area contributed by atoms with Crippen LogP contribution in [0.3, 0.4) is 0 Å². The maximum Gasteiger partial charge on any atom is 0.0594 e. The fourth-order valence-corrected chi connectivity index (χ4v) is 4.00. The van der Waals surface area contributed by atoms with E-state index >= 15 is 0 Å². The van der Waals surface area contributed by atoms with Gasteiger partial charge in [-0.3, -0.25) is 0 Å². The lowest BCUT2D eigenvalue weighted by molar-refractivity contribution is 0.335. The predicted octanol–water partition coefficient (Wildman–Crippen LogP) is 1.38. The predicted molar refractivity (Wildman–Crippen MR) is 59.7 cm³/mol. The summed E-state index contributed by atoms with van der Waals surface area (Å²) in [5.74, 6) is 2.40. The number of nitrogens with two attached hydrogens (primary N) is 1. The van der Waals surface area contributed by atoms with Crippen molar-refractivity contribution in [2.24, 2.45) is 16.0 Å². The smallest absolute Gasteiger partial charge is 0.0594 e. The van der Waals surface area contributed by atoms with Crippen molar-refractivity contribution in [3.8, 4) is 0 Å². The number of rotatable bonds is 2. The second-order valence-electron chi connectivity index (χ2n) is 4.55. The van der Waals surface area contributed by atoms with Crippen LogP contribution in [0.1, 0.15) is 32.1 Å². The number of hydrogen-bond acceptors (Lipinski definition) is 3. The van der Waals surface area contributed by atoms with E-state index in [1.165, 1.54) is 12.8 Å². The van der Waals surface area contributed by atoms with Crippen LogP contribution in [0.25, 0.3) is 0 Å². The largest absolute Gasteiger partial charge is 0.330 e. The summed E-state index contributed by atoms with van der Waals surface area (Å²) in [4.78, 5) is 0. The van der Waals surface area contributed by atoms with E-state index in [2.05, 4.69) is 4.36 Å². The first-order valence-electron chi connectivity index (χ1n) is 5.63. The van der Waals surface area contributed by atoms with Crippen LogP contribution in [0, 0.1) is 5.92 Å². The van der Waals surface area contributed by atoms with Crippen molar-refractivity contribution < 1.29 is 4.21 Å². The molecule has 4 heteroatoms. The summed E-state index contributed by atoms with van der Waals surface area (Å²) in [6.45, 7) is 0.808. The minimum absolute atomic E-state index is 0.380. The summed E-state index contributed by atoms with van der Waals surface area (Å²) < 4.78 is 16.4. The first-order valence-corrected chi connectivity index (χ1v) is 7.49. The van der Waals surface area contributed by atoms with Gasteiger partial charge >= 0.3 is 0 Å². The van der Waals surface area contributed by atoms with Crippen LogP contribution in [-0.4, -0.2) is 28.3 Å². The highest BCUT2D eigenvalue weighted by Crippen LogP contribution is 2.27. The van der Waals surface area contributed by atoms with Gasteiger partial charge in [-0.1, -0.05) is 0 Å². The molecular formula is C10H20N2OS. The molecule has 1 heterocycles. The fourth-order valence-electron chi connectivity index (χ4n) is 2.25. The third-order valence-electron chi connectivity index (χ3n) is 3.42. The molecule has 0 aromatic heterocycles. The molecule has 0 radical (unpaired) electrons. The Kier molecular flexibility index (Phi) is 3.12. The fraction of sp³-hybridized carbons (Fsp3) is 1.00. The molecule has 2 rings (SSSR count). The van der Waals surface area contributed by atoms with Crippen LogP contribution in [0.4, 0.5) is 0 Å². The van der Waals surface area contributed by atoms with Gasteiger partial charge in [0.1, 0.15) is 0 Å². The maximum absolute atomic E-state index is 11.9. The normalized spacial score (nSPS) is 36.1. The van der Waals surface area contributed by atoms with E-state index in [9.17, 15) is 4.21 Å². The molecular weight excluding hydrogens is 196 g/mol. The zero-order chi connectivity index (χ0) is 10.0. The Hall–Kier alpha value is -0.0900. The molecule has 0 bridgehead atoms. The first-order chi connectivity index (χ1) is 6.72. The summed E-state index contributed by atoms with van der Waals surface area (Å²) in [6.07, 6.45) is 5.69. The van der Waals surface area contributed by atoms with Crippen molar-refractivity contribution >= 4 is 9.73 Å². The molecule has 1 aliphatic carbocycles. The molecule has 2 N–H and O–H groups in total. The molecule has 0 atom stereocenters. The van der Waals surface area contributed by atoms with Crippen LogP contribution in [0.2, 0.25) is 0 Å². The van der Waals surface area contributed by atoms with Gasteiger partial charge in [0, 0.05) is 21.2 Å². The average molecular weight is 216 g/mol. The number of hydrogen-bond donors (Lipinski definition) is 1. The zero-order valence-corrected chi connectivity index (χ0v) is 9.47. The highest BCUT2D eigenvalue weighted by molar-refractivity contribution is 7.94. The van der Waals surface area contributed by atoms with E-state index in [1.54, 1.807) is 0 Å². The third-order valence-corrected chi connectivity index (χ3v) is 5.95. The van der Waals surface area contributed by atoms with Gasteiger partial charge in [0.2, 0.25) is 0 Å². The molecule has 2 aliphatic rings. The Morgan fingerprint density at radius 3 is 2.29 bits per heavy atom. The van der Waals surface area contributed by atoms with Gasteiger partial charge in [-0.15, -0.1) is 0 Å². The van der Waals surface area contributed by atoms with E-state index in [4.69, 9.17) is 5.73 Å². The highest BCUT2D eigenvalue weighted by atomic mass is 32.2. The Labute approximate surface area is 86.6 Å². The molecule has 1 saturated heterocycles. The van der Waals surface area contributed by atoms with Gasteiger partial charge in [-0.25, -0.2) is 8.57 Å². The van der Waals surface area contributed by atoms with Gasteiger partial charge in [0.15, 0.2) is 0 Å². The second-order valence-corrected chi connectivity index (χ2v) is 7.12. The van der Waals surface area contributed by atoms with Crippen LogP contribution in [0.5, 0.6) is 0 Å². The summed E-state index contributed by atoms with van der Waals surface area (Å²) in [6, 6.07) is 0.380. The van der Waals surface area contributed by atoms with Crippen molar-refractivity contribution in [1.29, 1.82) is 0 Å². The zero-order valence-electron chi connectivity index (χ0n) is 8.65. The molecule has 2 fully saturated rings. The SMILES string of the molecule is NCC1CCC(N=S2(=O)CCC2)CC1. The standard InChI is InChI=1S/C10H20N2OS/c11-8-9-2-4-10(5-3-9)12-14(13)6-1-7-14/h9-10H,1-8,11H2. The van der Waals surface area contributed by atoms with Crippen LogP contribution >= 0.6 is 0 Å². The lowest BCUT2D eigenvalue weighted by Crippen LogP contribution is -2.28. The van der Waals surface area contributed by atoms with Crippen molar-refractivity contribution in [3.05, 3.63) is 0 Å². The van der Waals surface area contributed by atoms with Gasteiger partial charge in [-0.2, -0.15) is 0 Å². The number of nitrogens with zero attached hydrogens (tertiary/aromatic N) is 1. The van der Waals surface area contributed by atoms with Crippen molar-refractivity contribution in [1.82, 2.24) is 0 Å². The minimum atomic E-state index is -1.72. The van der Waals surface area contributed by atoms with E-state index in [-0.39, 0.29) is 0 Å². The first kappa shape index (κ1) is 10.4. The average Bonchev–Trinajstić information content (AvgIpc) is 2.17. The van der Waals surface area contributed by atoms with Gasteiger partial charge in [0.05, 0.1) is 6.04 Å². The molecule has 0 amide bonds. The molecule has 14 heavy (non-hydrogen) atoms. The molecule has 0 aromatic carbocycles. The lowest BCUT2D eigenvalue weighted by Gasteiger charge is -2.27. The van der Waals surface area contributed by atoms with Crippen molar-refractivity contribution in [2.45, 2.75) is 38.1 Å². The van der Waals surface area contributed by atoms with Crippen LogP contribution in [0.15, 0.2) is 4.36 Å². The van der Waals surface area contributed by atoms with E-state index in [0.717, 1.165) is 37.3 Å². The molecule has 0 unspecified atom stereocenters. The Balaban J connectivity index is 1.90. The molecule has 82 valence electrons. The summed E-state index contributed by atoms with van der Waals surface area (Å²) in [5, 5.41) is 0. The Morgan fingerprint density at radius 2 is 1.86 bits per heavy atom. The van der Waals surface area contributed by atoms with Crippen LogP contribution in [-0.2, 0) is 9.73 Å². The monoisotopic (exact) mass is 216 g/mol. The molecule has 1 aliphatic heterocycles. The molecule has 0 aromatic rings. The van der Waals surface area contributed by atoms with Gasteiger partial charge in [0.25, 0.3) is 0 Å². The molecule has 0 spiro atoms. The summed E-state index contributed by atoms with van der Waals surface area (Å²) >= 11 is 0.